The van der Waals surface area contributed by atoms with E-state index in [0.717, 1.165) is 18.8 Å². The number of piperazine rings is 1. The number of carbonyl (C=O) groups excluding carboxylic acids is 3. The first-order valence-electron chi connectivity index (χ1n) is 9.53. The van der Waals surface area contributed by atoms with Gasteiger partial charge in [-0.1, -0.05) is 50.7 Å². The lowest BCUT2D eigenvalue weighted by molar-refractivity contribution is -0.137. The highest BCUT2D eigenvalue weighted by atomic mass is 32.2. The molecule has 150 valence electrons. The Morgan fingerprint density at radius 3 is 2.32 bits per heavy atom. The molecular formula is C21H27N3O3S. The number of benzene rings is 1. The first-order valence-corrected chi connectivity index (χ1v) is 10.5. The zero-order valence-electron chi connectivity index (χ0n) is 16.7. The molecule has 0 unspecified atom stereocenters. The van der Waals surface area contributed by atoms with Gasteiger partial charge in [0.25, 0.3) is 0 Å². The van der Waals surface area contributed by atoms with Crippen LogP contribution in [0.15, 0.2) is 41.4 Å². The normalized spacial score (nSPS) is 19.5. The van der Waals surface area contributed by atoms with Gasteiger partial charge in [0.2, 0.25) is 11.8 Å². The Kier molecular flexibility index (Phi) is 6.13. The SMILES string of the molecule is CC(C)(C)C(=O)/C=C1\SCC(=O)N1CC(=O)N1CCN(c2ccccc2)CC1. The lowest BCUT2D eigenvalue weighted by atomic mass is 9.91. The Balaban J connectivity index is 1.60. The highest BCUT2D eigenvalue weighted by Crippen LogP contribution is 2.30. The summed E-state index contributed by atoms with van der Waals surface area (Å²) in [4.78, 5) is 42.8. The Morgan fingerprint density at radius 1 is 1.07 bits per heavy atom. The predicted octanol–water partition coefficient (Wildman–Crippen LogP) is 2.37. The van der Waals surface area contributed by atoms with Crippen molar-refractivity contribution in [3.63, 3.8) is 0 Å². The molecule has 2 saturated heterocycles. The van der Waals surface area contributed by atoms with Gasteiger partial charge in [0.1, 0.15) is 6.54 Å². The summed E-state index contributed by atoms with van der Waals surface area (Å²) in [6, 6.07) is 10.2. The molecule has 6 nitrogen and oxygen atoms in total. The number of rotatable bonds is 4. The summed E-state index contributed by atoms with van der Waals surface area (Å²) in [7, 11) is 0. The van der Waals surface area contributed by atoms with Crippen LogP contribution in [0.1, 0.15) is 20.8 Å². The fourth-order valence-corrected chi connectivity index (χ4v) is 4.06. The lowest BCUT2D eigenvalue weighted by Crippen LogP contribution is -2.51. The van der Waals surface area contributed by atoms with Crippen LogP contribution in [0.5, 0.6) is 0 Å². The number of allylic oxidation sites excluding steroid dienone is 1. The smallest absolute Gasteiger partial charge is 0.242 e. The van der Waals surface area contributed by atoms with Crippen LogP contribution >= 0.6 is 11.8 Å². The van der Waals surface area contributed by atoms with Gasteiger partial charge >= 0.3 is 0 Å². The summed E-state index contributed by atoms with van der Waals surface area (Å²) >= 11 is 1.33. The number of carbonyl (C=O) groups is 3. The van der Waals surface area contributed by atoms with Crippen LogP contribution in [-0.4, -0.2) is 65.9 Å². The first-order chi connectivity index (χ1) is 13.3. The van der Waals surface area contributed by atoms with Crippen molar-refractivity contribution in [1.82, 2.24) is 9.80 Å². The molecule has 0 bridgehead atoms. The standard InChI is InChI=1S/C21H27N3O3S/c1-21(2,3)17(25)13-20-24(19(27)15-28-20)14-18(26)23-11-9-22(10-12-23)16-7-5-4-6-8-16/h4-8,13H,9-12,14-15H2,1-3H3/b20-13-. The van der Waals surface area contributed by atoms with Gasteiger partial charge in [-0.2, -0.15) is 0 Å². The van der Waals surface area contributed by atoms with Crippen LogP contribution in [-0.2, 0) is 14.4 Å². The van der Waals surface area contributed by atoms with E-state index in [9.17, 15) is 14.4 Å². The van der Waals surface area contributed by atoms with Crippen molar-refractivity contribution in [2.75, 3.05) is 43.4 Å². The highest BCUT2D eigenvalue weighted by Gasteiger charge is 2.32. The molecular weight excluding hydrogens is 374 g/mol. The third-order valence-corrected chi connectivity index (χ3v) is 5.98. The molecule has 2 aliphatic rings. The number of ketones is 1. The molecule has 0 atom stereocenters. The molecule has 2 fully saturated rings. The number of anilines is 1. The lowest BCUT2D eigenvalue weighted by Gasteiger charge is -2.36. The molecule has 0 N–H and O–H groups in total. The molecule has 0 saturated carbocycles. The van der Waals surface area contributed by atoms with E-state index in [2.05, 4.69) is 17.0 Å². The minimum absolute atomic E-state index is 0.000423. The van der Waals surface area contributed by atoms with Crippen LogP contribution < -0.4 is 4.90 Å². The average Bonchev–Trinajstić information content (AvgIpc) is 3.01. The predicted molar refractivity (Wildman–Crippen MR) is 112 cm³/mol. The second-order valence-corrected chi connectivity index (χ2v) is 9.06. The van der Waals surface area contributed by atoms with E-state index in [-0.39, 0.29) is 29.9 Å². The van der Waals surface area contributed by atoms with E-state index in [0.29, 0.717) is 18.1 Å². The van der Waals surface area contributed by atoms with Crippen LogP contribution in [0.2, 0.25) is 0 Å². The molecule has 28 heavy (non-hydrogen) atoms. The molecule has 3 rings (SSSR count). The van der Waals surface area contributed by atoms with Crippen LogP contribution in [0.4, 0.5) is 5.69 Å². The maximum atomic E-state index is 12.8. The van der Waals surface area contributed by atoms with E-state index in [1.165, 1.54) is 22.7 Å². The number of nitrogens with zero attached hydrogens (tertiary/aromatic N) is 3. The number of amides is 2. The molecule has 2 amide bonds. The van der Waals surface area contributed by atoms with Gasteiger partial charge in [-0.05, 0) is 12.1 Å². The number of thioether (sulfide) groups is 1. The van der Waals surface area contributed by atoms with Crippen molar-refractivity contribution >= 4 is 35.0 Å². The van der Waals surface area contributed by atoms with Crippen molar-refractivity contribution in [2.45, 2.75) is 20.8 Å². The average molecular weight is 402 g/mol. The topological polar surface area (TPSA) is 60.9 Å². The highest BCUT2D eigenvalue weighted by molar-refractivity contribution is 8.04. The van der Waals surface area contributed by atoms with Gasteiger partial charge in [-0.15, -0.1) is 0 Å². The van der Waals surface area contributed by atoms with Crippen molar-refractivity contribution < 1.29 is 14.4 Å². The number of para-hydroxylation sites is 1. The van der Waals surface area contributed by atoms with Crippen molar-refractivity contribution in [1.29, 1.82) is 0 Å². The molecule has 0 aliphatic carbocycles. The third kappa shape index (κ3) is 4.76. The van der Waals surface area contributed by atoms with E-state index in [1.54, 1.807) is 4.90 Å². The van der Waals surface area contributed by atoms with Gasteiger partial charge in [0.15, 0.2) is 5.78 Å². The fraction of sp³-hybridized carbons (Fsp3) is 0.476. The molecule has 0 radical (unpaired) electrons. The molecule has 0 aromatic heterocycles. The minimum Gasteiger partial charge on any atom is -0.368 e. The first kappa shape index (κ1) is 20.5. The second kappa shape index (κ2) is 8.39. The molecule has 1 aromatic rings. The van der Waals surface area contributed by atoms with E-state index in [1.807, 2.05) is 39.0 Å². The van der Waals surface area contributed by atoms with E-state index in [4.69, 9.17) is 0 Å². The Bertz CT molecular complexity index is 778. The summed E-state index contributed by atoms with van der Waals surface area (Å²) in [6.45, 7) is 8.32. The third-order valence-electron chi connectivity index (χ3n) is 4.95. The number of hydrogen-bond donors (Lipinski definition) is 0. The van der Waals surface area contributed by atoms with Crippen molar-refractivity contribution in [2.24, 2.45) is 5.41 Å². The second-order valence-electron chi connectivity index (χ2n) is 8.07. The summed E-state index contributed by atoms with van der Waals surface area (Å²) in [6.07, 6.45) is 1.51. The number of hydrogen-bond acceptors (Lipinski definition) is 5. The maximum absolute atomic E-state index is 12.8. The zero-order chi connectivity index (χ0) is 20.3. The fourth-order valence-electron chi connectivity index (χ4n) is 3.12. The molecule has 2 heterocycles. The molecule has 0 spiro atoms. The van der Waals surface area contributed by atoms with Crippen molar-refractivity contribution in [3.05, 3.63) is 41.4 Å². The van der Waals surface area contributed by atoms with Crippen LogP contribution in [0.25, 0.3) is 0 Å². The molecule has 7 heteroatoms. The van der Waals surface area contributed by atoms with Gasteiger partial charge in [-0.3, -0.25) is 19.3 Å². The van der Waals surface area contributed by atoms with E-state index < -0.39 is 5.41 Å². The molecule has 2 aliphatic heterocycles. The summed E-state index contributed by atoms with van der Waals surface area (Å²) < 4.78 is 0. The Labute approximate surface area is 170 Å². The quantitative estimate of drug-likeness (QED) is 0.725. The van der Waals surface area contributed by atoms with Gasteiger partial charge in [0.05, 0.1) is 10.8 Å². The van der Waals surface area contributed by atoms with E-state index >= 15 is 0 Å². The maximum Gasteiger partial charge on any atom is 0.242 e. The largest absolute Gasteiger partial charge is 0.368 e. The Hall–Kier alpha value is -2.28. The summed E-state index contributed by atoms with van der Waals surface area (Å²) in [5.41, 5.74) is 0.648. The molecule has 1 aromatic carbocycles. The van der Waals surface area contributed by atoms with Crippen LogP contribution in [0, 0.1) is 5.41 Å². The van der Waals surface area contributed by atoms with Gasteiger partial charge in [-0.25, -0.2) is 0 Å². The zero-order valence-corrected chi connectivity index (χ0v) is 17.5. The minimum atomic E-state index is -0.511. The monoisotopic (exact) mass is 401 g/mol. The van der Waals surface area contributed by atoms with Crippen LogP contribution in [0.3, 0.4) is 0 Å². The van der Waals surface area contributed by atoms with Crippen molar-refractivity contribution in [3.8, 4) is 0 Å². The summed E-state index contributed by atoms with van der Waals surface area (Å²) in [5, 5.41) is 0.584. The van der Waals surface area contributed by atoms with Gasteiger partial charge in [0, 0.05) is 43.4 Å². The summed E-state index contributed by atoms with van der Waals surface area (Å²) in [5.74, 6) is 0.0451. The Morgan fingerprint density at radius 2 is 1.71 bits per heavy atom. The van der Waals surface area contributed by atoms with Gasteiger partial charge < -0.3 is 9.80 Å².